The number of amides is 2. The number of amidine groups is 1. The minimum atomic E-state index is -1.49. The minimum Gasteiger partial charge on any atom is -0.320 e. The van der Waals surface area contributed by atoms with E-state index in [-0.39, 0.29) is 18.1 Å². The van der Waals surface area contributed by atoms with Gasteiger partial charge >= 0.3 is 0 Å². The maximum atomic E-state index is 13.3. The average molecular weight is 375 g/mol. The first-order valence-corrected chi connectivity index (χ1v) is 8.89. The average Bonchev–Trinajstić information content (AvgIpc) is 2.96. The summed E-state index contributed by atoms with van der Waals surface area (Å²) in [6.45, 7) is 1.88. The van der Waals surface area contributed by atoms with E-state index in [1.165, 1.54) is 17.0 Å². The van der Waals surface area contributed by atoms with E-state index in [4.69, 9.17) is 0 Å². The van der Waals surface area contributed by atoms with E-state index < -0.39 is 11.6 Å². The van der Waals surface area contributed by atoms with Crippen LogP contribution in [-0.4, -0.2) is 28.2 Å². The van der Waals surface area contributed by atoms with E-state index in [9.17, 15) is 14.0 Å². The molecule has 4 rings (SSSR count). The number of halogens is 1. The Labute approximate surface area is 161 Å². The number of nitrogens with zero attached hydrogens (tertiary/aromatic N) is 2. The zero-order valence-corrected chi connectivity index (χ0v) is 15.2. The molecular formula is C22H18FN3O2. The Morgan fingerprint density at radius 1 is 1.11 bits per heavy atom. The zero-order valence-electron chi connectivity index (χ0n) is 15.2. The lowest BCUT2D eigenvalue weighted by Crippen LogP contribution is -2.55. The Balaban J connectivity index is 1.72. The van der Waals surface area contributed by atoms with Crippen LogP contribution in [0.25, 0.3) is 0 Å². The van der Waals surface area contributed by atoms with Crippen LogP contribution < -0.4 is 5.32 Å². The highest BCUT2D eigenvalue weighted by atomic mass is 19.1. The van der Waals surface area contributed by atoms with Crippen molar-refractivity contribution < 1.29 is 14.0 Å². The smallest absolute Gasteiger partial charge is 0.281 e. The number of hydrogen-bond donors (Lipinski definition) is 1. The van der Waals surface area contributed by atoms with Gasteiger partial charge in [-0.05, 0) is 48.4 Å². The fourth-order valence-electron chi connectivity index (χ4n) is 3.28. The second-order valence-corrected chi connectivity index (χ2v) is 6.84. The maximum Gasteiger partial charge on any atom is 0.281 e. The maximum absolute atomic E-state index is 13.3. The van der Waals surface area contributed by atoms with E-state index in [0.29, 0.717) is 17.0 Å². The van der Waals surface area contributed by atoms with E-state index >= 15 is 0 Å². The van der Waals surface area contributed by atoms with E-state index in [0.717, 1.165) is 5.57 Å². The molecule has 2 heterocycles. The van der Waals surface area contributed by atoms with E-state index in [2.05, 4.69) is 10.3 Å². The second kappa shape index (κ2) is 6.88. The molecule has 28 heavy (non-hydrogen) atoms. The van der Waals surface area contributed by atoms with Gasteiger partial charge in [0.05, 0.1) is 0 Å². The Hall–Kier alpha value is -3.54. The van der Waals surface area contributed by atoms with Crippen LogP contribution in [0.2, 0.25) is 0 Å². The molecule has 1 N–H and O–H groups in total. The van der Waals surface area contributed by atoms with Crippen molar-refractivity contribution in [3.8, 4) is 0 Å². The van der Waals surface area contributed by atoms with Gasteiger partial charge in [0.15, 0.2) is 0 Å². The van der Waals surface area contributed by atoms with Crippen molar-refractivity contribution in [2.75, 3.05) is 0 Å². The third kappa shape index (κ3) is 3.24. The largest absolute Gasteiger partial charge is 0.320 e. The highest BCUT2D eigenvalue weighted by Gasteiger charge is 2.49. The van der Waals surface area contributed by atoms with Crippen LogP contribution in [0.1, 0.15) is 22.8 Å². The molecule has 0 saturated heterocycles. The fourth-order valence-corrected chi connectivity index (χ4v) is 3.28. The number of fused-ring (bicyclic) bond motifs is 1. The van der Waals surface area contributed by atoms with Crippen LogP contribution in [0.5, 0.6) is 0 Å². The lowest BCUT2D eigenvalue weighted by Gasteiger charge is -2.27. The van der Waals surface area contributed by atoms with Gasteiger partial charge in [-0.1, -0.05) is 36.4 Å². The SMILES string of the molecule is CC1=CN2C(=O)[C@@](Cc3ccc(F)cc3)(NC(=O)c3ccccc3)N=C2C=C1. The second-order valence-electron chi connectivity index (χ2n) is 6.84. The first kappa shape index (κ1) is 17.9. The van der Waals surface area contributed by atoms with Crippen LogP contribution in [0, 0.1) is 5.82 Å². The molecule has 2 aliphatic heterocycles. The molecule has 0 aromatic heterocycles. The molecule has 0 spiro atoms. The summed E-state index contributed by atoms with van der Waals surface area (Å²) in [6.07, 6.45) is 5.41. The summed E-state index contributed by atoms with van der Waals surface area (Å²) in [5, 5.41) is 2.82. The van der Waals surface area contributed by atoms with Crippen molar-refractivity contribution in [1.29, 1.82) is 0 Å². The fraction of sp³-hybridized carbons (Fsp3) is 0.136. The highest BCUT2D eigenvalue weighted by molar-refractivity contribution is 6.15. The molecule has 2 aromatic rings. The van der Waals surface area contributed by atoms with Gasteiger partial charge in [-0.2, -0.15) is 0 Å². The molecule has 2 amide bonds. The topological polar surface area (TPSA) is 61.8 Å². The van der Waals surface area contributed by atoms with Crippen LogP contribution in [0.3, 0.4) is 0 Å². The number of allylic oxidation sites excluding steroid dienone is 2. The van der Waals surface area contributed by atoms with Crippen LogP contribution in [0.4, 0.5) is 4.39 Å². The van der Waals surface area contributed by atoms with Gasteiger partial charge in [0.25, 0.3) is 11.8 Å². The summed E-state index contributed by atoms with van der Waals surface area (Å²) in [4.78, 5) is 32.1. The summed E-state index contributed by atoms with van der Waals surface area (Å²) in [6, 6.07) is 14.5. The molecule has 0 aliphatic carbocycles. The molecule has 2 aliphatic rings. The molecule has 0 bridgehead atoms. The Morgan fingerprint density at radius 2 is 1.82 bits per heavy atom. The number of rotatable bonds is 4. The van der Waals surface area contributed by atoms with Crippen LogP contribution in [0.15, 0.2) is 83.5 Å². The van der Waals surface area contributed by atoms with Gasteiger partial charge in [0.2, 0.25) is 5.66 Å². The minimum absolute atomic E-state index is 0.116. The molecule has 140 valence electrons. The van der Waals surface area contributed by atoms with Crippen LogP contribution in [-0.2, 0) is 11.2 Å². The van der Waals surface area contributed by atoms with Gasteiger partial charge in [0.1, 0.15) is 11.7 Å². The summed E-state index contributed by atoms with van der Waals surface area (Å²) >= 11 is 0. The van der Waals surface area contributed by atoms with Crippen LogP contribution >= 0.6 is 0 Å². The summed E-state index contributed by atoms with van der Waals surface area (Å²) < 4.78 is 13.3. The van der Waals surface area contributed by atoms with Gasteiger partial charge in [-0.15, -0.1) is 0 Å². The third-order valence-corrected chi connectivity index (χ3v) is 4.68. The number of carbonyl (C=O) groups excluding carboxylic acids is 2. The van der Waals surface area contributed by atoms with E-state index in [1.807, 2.05) is 19.1 Å². The summed E-state index contributed by atoms with van der Waals surface area (Å²) in [5.74, 6) is -0.648. The molecule has 0 saturated carbocycles. The van der Waals surface area contributed by atoms with Crippen molar-refractivity contribution >= 4 is 17.6 Å². The quantitative estimate of drug-likeness (QED) is 0.892. The molecule has 5 nitrogen and oxygen atoms in total. The van der Waals surface area contributed by atoms with Gasteiger partial charge < -0.3 is 5.32 Å². The van der Waals surface area contributed by atoms with E-state index in [1.54, 1.807) is 48.7 Å². The number of hydrogen-bond acceptors (Lipinski definition) is 3. The first-order chi connectivity index (χ1) is 13.5. The predicted molar refractivity (Wildman–Crippen MR) is 104 cm³/mol. The molecule has 0 radical (unpaired) electrons. The highest BCUT2D eigenvalue weighted by Crippen LogP contribution is 2.29. The molecule has 0 unspecified atom stereocenters. The van der Waals surface area contributed by atoms with Crippen molar-refractivity contribution in [3.63, 3.8) is 0 Å². The zero-order chi connectivity index (χ0) is 19.7. The number of benzene rings is 2. The monoisotopic (exact) mass is 375 g/mol. The molecule has 6 heteroatoms. The van der Waals surface area contributed by atoms with Crippen molar-refractivity contribution in [1.82, 2.24) is 10.2 Å². The molecular weight excluding hydrogens is 357 g/mol. The molecule has 1 atom stereocenters. The number of aliphatic imine (C=N–C) groups is 1. The summed E-state index contributed by atoms with van der Waals surface area (Å²) in [5.41, 5.74) is 0.531. The Bertz CT molecular complexity index is 1030. The van der Waals surface area contributed by atoms with Gasteiger partial charge in [0, 0.05) is 18.2 Å². The van der Waals surface area contributed by atoms with Crippen molar-refractivity contribution in [2.45, 2.75) is 19.0 Å². The van der Waals surface area contributed by atoms with Gasteiger partial charge in [-0.25, -0.2) is 9.38 Å². The normalized spacial score (nSPS) is 20.5. The lowest BCUT2D eigenvalue weighted by molar-refractivity contribution is -0.130. The lowest BCUT2D eigenvalue weighted by atomic mass is 9.98. The number of nitrogens with one attached hydrogen (secondary N) is 1. The number of carbonyl (C=O) groups is 2. The third-order valence-electron chi connectivity index (χ3n) is 4.68. The Kier molecular flexibility index (Phi) is 4.39. The molecule has 0 fully saturated rings. The van der Waals surface area contributed by atoms with Gasteiger partial charge in [-0.3, -0.25) is 14.5 Å². The Morgan fingerprint density at radius 3 is 2.54 bits per heavy atom. The first-order valence-electron chi connectivity index (χ1n) is 8.89. The summed E-state index contributed by atoms with van der Waals surface area (Å²) in [7, 11) is 0. The molecule has 2 aromatic carbocycles. The standard InChI is InChI=1S/C22H18FN3O2/c1-15-7-12-19-24-22(21(28)26(19)14-15,13-16-8-10-18(23)11-9-16)25-20(27)17-5-3-2-4-6-17/h2-12,14H,13H2,1H3,(H,25,27)/t22-/m1/s1. The van der Waals surface area contributed by atoms with Crippen molar-refractivity contribution in [3.05, 3.63) is 95.5 Å². The predicted octanol–water partition coefficient (Wildman–Crippen LogP) is 3.21. The van der Waals surface area contributed by atoms with Crippen molar-refractivity contribution in [2.24, 2.45) is 4.99 Å².